The minimum Gasteiger partial charge on any atom is -0.384 e. The van der Waals surface area contributed by atoms with Gasteiger partial charge in [0.25, 0.3) is 5.69 Å². The van der Waals surface area contributed by atoms with Gasteiger partial charge < -0.3 is 15.6 Å². The van der Waals surface area contributed by atoms with E-state index in [0.29, 0.717) is 12.2 Å². The molecule has 0 amide bonds. The summed E-state index contributed by atoms with van der Waals surface area (Å²) in [7, 11) is 0. The monoisotopic (exact) mass is 322 g/mol. The number of nitrogens with zero attached hydrogens (tertiary/aromatic N) is 1. The lowest BCUT2D eigenvalue weighted by molar-refractivity contribution is -0.384. The van der Waals surface area contributed by atoms with Crippen LogP contribution >= 0.6 is 0 Å². The van der Waals surface area contributed by atoms with E-state index in [1.165, 1.54) is 10.9 Å². The molecule has 0 spiro atoms. The number of nitro benzene ring substituents is 1. The van der Waals surface area contributed by atoms with Crippen LogP contribution < -0.4 is 10.6 Å². The van der Waals surface area contributed by atoms with Crippen molar-refractivity contribution in [2.24, 2.45) is 0 Å². The van der Waals surface area contributed by atoms with Gasteiger partial charge in [-0.3, -0.25) is 10.1 Å². The molecule has 1 aliphatic rings. The summed E-state index contributed by atoms with van der Waals surface area (Å²) >= 11 is 0. The maximum Gasteiger partial charge on any atom is 0.292 e. The second kappa shape index (κ2) is 5.88. The van der Waals surface area contributed by atoms with Crippen LogP contribution in [0.5, 0.6) is 0 Å². The molecule has 0 saturated heterocycles. The van der Waals surface area contributed by atoms with Crippen molar-refractivity contribution in [3.8, 4) is 0 Å². The number of anilines is 2. The zero-order valence-corrected chi connectivity index (χ0v) is 13.1. The number of para-hydroxylation sites is 1. The number of fused-ring (bicyclic) bond motifs is 2. The predicted octanol–water partition coefficient (Wildman–Crippen LogP) is 3.70. The summed E-state index contributed by atoms with van der Waals surface area (Å²) in [5.41, 5.74) is 5.15. The fourth-order valence-corrected chi connectivity index (χ4v) is 3.39. The second-order valence-corrected chi connectivity index (χ2v) is 5.96. The highest BCUT2D eigenvalue weighted by molar-refractivity contribution is 5.83. The summed E-state index contributed by atoms with van der Waals surface area (Å²) in [6, 6.07) is 11.5. The van der Waals surface area contributed by atoms with Crippen LogP contribution in [0.25, 0.3) is 10.9 Å². The Morgan fingerprint density at radius 2 is 2.08 bits per heavy atom. The molecule has 6 nitrogen and oxygen atoms in total. The van der Waals surface area contributed by atoms with Crippen molar-refractivity contribution < 1.29 is 4.92 Å². The molecular weight excluding hydrogens is 304 g/mol. The molecule has 0 saturated carbocycles. The molecule has 122 valence electrons. The summed E-state index contributed by atoms with van der Waals surface area (Å²) in [5.74, 6) is 0. The zero-order valence-electron chi connectivity index (χ0n) is 13.1. The Balaban J connectivity index is 1.56. The van der Waals surface area contributed by atoms with Crippen molar-refractivity contribution in [2.45, 2.75) is 12.8 Å². The van der Waals surface area contributed by atoms with Crippen LogP contribution in [0.3, 0.4) is 0 Å². The van der Waals surface area contributed by atoms with Crippen LogP contribution in [-0.2, 0) is 12.8 Å². The van der Waals surface area contributed by atoms with Crippen molar-refractivity contribution in [1.29, 1.82) is 0 Å². The highest BCUT2D eigenvalue weighted by atomic mass is 16.6. The molecule has 0 atom stereocenters. The Hall–Kier alpha value is -3.02. The first-order valence-corrected chi connectivity index (χ1v) is 8.07. The van der Waals surface area contributed by atoms with Gasteiger partial charge in [-0.25, -0.2) is 0 Å². The SMILES string of the molecule is O=[N+]([O-])c1ccc2c(c1NCCc1c[nH]c3ccccc13)CCN2. The lowest BCUT2D eigenvalue weighted by atomic mass is 10.1. The zero-order chi connectivity index (χ0) is 16.5. The van der Waals surface area contributed by atoms with Crippen molar-refractivity contribution >= 4 is 28.0 Å². The van der Waals surface area contributed by atoms with Gasteiger partial charge in [0.2, 0.25) is 0 Å². The van der Waals surface area contributed by atoms with E-state index >= 15 is 0 Å². The summed E-state index contributed by atoms with van der Waals surface area (Å²) in [6.07, 6.45) is 3.63. The highest BCUT2D eigenvalue weighted by Gasteiger charge is 2.23. The third-order valence-electron chi connectivity index (χ3n) is 4.55. The van der Waals surface area contributed by atoms with Crippen molar-refractivity contribution in [2.75, 3.05) is 23.7 Å². The molecule has 2 aromatic carbocycles. The molecular formula is C18H18N4O2. The average Bonchev–Trinajstić information content (AvgIpc) is 3.21. The average molecular weight is 322 g/mol. The molecule has 1 aliphatic heterocycles. The summed E-state index contributed by atoms with van der Waals surface area (Å²) < 4.78 is 0. The van der Waals surface area contributed by atoms with Gasteiger partial charge in [-0.2, -0.15) is 0 Å². The maximum absolute atomic E-state index is 11.3. The molecule has 0 radical (unpaired) electrons. The van der Waals surface area contributed by atoms with E-state index < -0.39 is 0 Å². The Bertz CT molecular complexity index is 917. The number of rotatable bonds is 5. The summed E-state index contributed by atoms with van der Waals surface area (Å²) in [5, 5.41) is 19.1. The van der Waals surface area contributed by atoms with Gasteiger partial charge in [0.15, 0.2) is 0 Å². The molecule has 3 N–H and O–H groups in total. The van der Waals surface area contributed by atoms with Gasteiger partial charge in [0, 0.05) is 47.5 Å². The first kappa shape index (κ1) is 14.6. The fraction of sp³-hybridized carbons (Fsp3) is 0.222. The maximum atomic E-state index is 11.3. The smallest absolute Gasteiger partial charge is 0.292 e. The quantitative estimate of drug-likeness (QED) is 0.494. The lowest BCUT2D eigenvalue weighted by Gasteiger charge is -2.11. The number of nitrogens with one attached hydrogen (secondary N) is 3. The highest BCUT2D eigenvalue weighted by Crippen LogP contribution is 2.36. The van der Waals surface area contributed by atoms with Crippen LogP contribution in [0.4, 0.5) is 17.1 Å². The molecule has 0 bridgehead atoms. The number of hydrogen-bond donors (Lipinski definition) is 3. The molecule has 0 fully saturated rings. The fourth-order valence-electron chi connectivity index (χ4n) is 3.39. The molecule has 2 heterocycles. The van der Waals surface area contributed by atoms with Crippen molar-refractivity contribution in [1.82, 2.24) is 4.98 Å². The first-order chi connectivity index (χ1) is 11.7. The van der Waals surface area contributed by atoms with Gasteiger partial charge >= 0.3 is 0 Å². The topological polar surface area (TPSA) is 83.0 Å². The van der Waals surface area contributed by atoms with Gasteiger partial charge in [-0.05, 0) is 30.5 Å². The van der Waals surface area contributed by atoms with Gasteiger partial charge in [-0.1, -0.05) is 18.2 Å². The molecule has 0 unspecified atom stereocenters. The van der Waals surface area contributed by atoms with E-state index in [4.69, 9.17) is 0 Å². The predicted molar refractivity (Wildman–Crippen MR) is 95.8 cm³/mol. The minimum atomic E-state index is -0.313. The molecule has 24 heavy (non-hydrogen) atoms. The summed E-state index contributed by atoms with van der Waals surface area (Å²) in [4.78, 5) is 14.3. The van der Waals surface area contributed by atoms with E-state index in [9.17, 15) is 10.1 Å². The number of hydrogen-bond acceptors (Lipinski definition) is 4. The third kappa shape index (κ3) is 2.46. The Morgan fingerprint density at radius 1 is 1.21 bits per heavy atom. The second-order valence-electron chi connectivity index (χ2n) is 5.96. The Labute approximate surface area is 139 Å². The standard InChI is InChI=1S/C18H18N4O2/c23-22(24)17-6-5-16-14(8-10-19-16)18(17)20-9-7-12-11-21-15-4-2-1-3-13(12)15/h1-6,11,19-21H,7-10H2. The molecule has 6 heteroatoms. The largest absolute Gasteiger partial charge is 0.384 e. The summed E-state index contributed by atoms with van der Waals surface area (Å²) in [6.45, 7) is 1.48. The van der Waals surface area contributed by atoms with Crippen LogP contribution in [0.1, 0.15) is 11.1 Å². The number of aromatic amines is 1. The number of benzene rings is 2. The number of aromatic nitrogens is 1. The molecule has 4 rings (SSSR count). The Kier molecular flexibility index (Phi) is 3.57. The number of nitro groups is 1. The van der Waals surface area contributed by atoms with E-state index in [2.05, 4.69) is 21.7 Å². The first-order valence-electron chi connectivity index (χ1n) is 8.07. The van der Waals surface area contributed by atoms with Gasteiger partial charge in [-0.15, -0.1) is 0 Å². The van der Waals surface area contributed by atoms with Crippen LogP contribution in [0.2, 0.25) is 0 Å². The molecule has 3 aromatic rings. The van der Waals surface area contributed by atoms with Crippen LogP contribution in [0.15, 0.2) is 42.6 Å². The number of H-pyrrole nitrogens is 1. The van der Waals surface area contributed by atoms with Gasteiger partial charge in [0.05, 0.1) is 4.92 Å². The Morgan fingerprint density at radius 3 is 2.96 bits per heavy atom. The van der Waals surface area contributed by atoms with Gasteiger partial charge in [0.1, 0.15) is 5.69 Å². The minimum absolute atomic E-state index is 0.149. The van der Waals surface area contributed by atoms with E-state index in [0.717, 1.165) is 36.2 Å². The molecule has 1 aromatic heterocycles. The van der Waals surface area contributed by atoms with Crippen molar-refractivity contribution in [3.05, 3.63) is 63.8 Å². The van der Waals surface area contributed by atoms with Crippen LogP contribution in [0, 0.1) is 10.1 Å². The normalized spacial score (nSPS) is 12.8. The lowest BCUT2D eigenvalue weighted by Crippen LogP contribution is -2.08. The van der Waals surface area contributed by atoms with Crippen molar-refractivity contribution in [3.63, 3.8) is 0 Å². The van der Waals surface area contributed by atoms with E-state index in [1.807, 2.05) is 24.4 Å². The van der Waals surface area contributed by atoms with Crippen LogP contribution in [-0.4, -0.2) is 23.0 Å². The third-order valence-corrected chi connectivity index (χ3v) is 4.55. The van der Waals surface area contributed by atoms with E-state index in [1.54, 1.807) is 12.1 Å². The molecule has 0 aliphatic carbocycles. The van der Waals surface area contributed by atoms with E-state index in [-0.39, 0.29) is 10.6 Å².